The Hall–Kier alpha value is -0.570. The summed E-state index contributed by atoms with van der Waals surface area (Å²) in [7, 11) is 0. The van der Waals surface area contributed by atoms with Crippen LogP contribution in [0.5, 0.6) is 0 Å². The second kappa shape index (κ2) is 7.70. The van der Waals surface area contributed by atoms with E-state index in [1.54, 1.807) is 0 Å². The minimum Gasteiger partial charge on any atom is -0.466 e. The number of nitrogens with one attached hydrogen (secondary N) is 1. The first-order chi connectivity index (χ1) is 8.13. The lowest BCUT2D eigenvalue weighted by atomic mass is 9.80. The van der Waals surface area contributed by atoms with Crippen LogP contribution in [0.25, 0.3) is 0 Å². The van der Waals surface area contributed by atoms with E-state index in [0.717, 1.165) is 24.8 Å². The summed E-state index contributed by atoms with van der Waals surface area (Å²) in [4.78, 5) is 11.2. The lowest BCUT2D eigenvalue weighted by molar-refractivity contribution is -0.143. The van der Waals surface area contributed by atoms with Crippen LogP contribution in [-0.4, -0.2) is 25.2 Å². The molecule has 1 aliphatic carbocycles. The van der Waals surface area contributed by atoms with Gasteiger partial charge in [0.25, 0.3) is 0 Å². The normalized spacial score (nSPS) is 29.0. The summed E-state index contributed by atoms with van der Waals surface area (Å²) >= 11 is 0. The van der Waals surface area contributed by atoms with Crippen molar-refractivity contribution >= 4 is 5.97 Å². The summed E-state index contributed by atoms with van der Waals surface area (Å²) in [5.74, 6) is 1.54. The van der Waals surface area contributed by atoms with Gasteiger partial charge in [0, 0.05) is 12.5 Å². The van der Waals surface area contributed by atoms with Crippen LogP contribution in [0.2, 0.25) is 0 Å². The molecule has 0 amide bonds. The third kappa shape index (κ3) is 5.53. The van der Waals surface area contributed by atoms with E-state index < -0.39 is 0 Å². The quantitative estimate of drug-likeness (QED) is 0.574. The van der Waals surface area contributed by atoms with Crippen molar-refractivity contribution in [3.8, 4) is 0 Å². The molecule has 0 aromatic heterocycles. The average Bonchev–Trinajstić information content (AvgIpc) is 2.29. The molecule has 3 nitrogen and oxygen atoms in total. The molecular formula is C14H27NO2. The third-order valence-electron chi connectivity index (χ3n) is 3.73. The summed E-state index contributed by atoms with van der Waals surface area (Å²) in [6.45, 7) is 7.93. The lowest BCUT2D eigenvalue weighted by Gasteiger charge is -2.33. The van der Waals surface area contributed by atoms with Gasteiger partial charge < -0.3 is 10.1 Å². The van der Waals surface area contributed by atoms with E-state index in [-0.39, 0.29) is 5.97 Å². The zero-order chi connectivity index (χ0) is 12.7. The first kappa shape index (κ1) is 14.5. The van der Waals surface area contributed by atoms with Gasteiger partial charge >= 0.3 is 5.97 Å². The maximum absolute atomic E-state index is 11.2. The molecule has 1 aliphatic rings. The molecule has 3 atom stereocenters. The predicted octanol–water partition coefficient (Wildman–Crippen LogP) is 2.74. The van der Waals surface area contributed by atoms with Crippen LogP contribution in [0.4, 0.5) is 0 Å². The Morgan fingerprint density at radius 1 is 1.35 bits per heavy atom. The molecule has 3 unspecified atom stereocenters. The minimum absolute atomic E-state index is 0.0700. The largest absolute Gasteiger partial charge is 0.466 e. The Labute approximate surface area is 105 Å². The van der Waals surface area contributed by atoms with E-state index in [4.69, 9.17) is 4.74 Å². The standard InChI is InChI=1S/C14H27NO2/c1-4-17-14(16)6-5-9-15-13-10-11(2)7-8-12(13)3/h11-13,15H,4-10H2,1-3H3. The molecule has 1 N–H and O–H groups in total. The van der Waals surface area contributed by atoms with Crippen LogP contribution >= 0.6 is 0 Å². The highest BCUT2D eigenvalue weighted by Gasteiger charge is 2.24. The molecule has 17 heavy (non-hydrogen) atoms. The maximum atomic E-state index is 11.2. The number of carbonyl (C=O) groups is 1. The molecule has 0 aromatic carbocycles. The number of hydrogen-bond donors (Lipinski definition) is 1. The second-order valence-corrected chi connectivity index (χ2v) is 5.36. The zero-order valence-electron chi connectivity index (χ0n) is 11.5. The van der Waals surface area contributed by atoms with E-state index in [1.807, 2.05) is 6.92 Å². The summed E-state index contributed by atoms with van der Waals surface area (Å²) in [5, 5.41) is 3.59. The molecule has 1 fully saturated rings. The Morgan fingerprint density at radius 3 is 2.82 bits per heavy atom. The van der Waals surface area contributed by atoms with Crippen LogP contribution in [0, 0.1) is 11.8 Å². The SMILES string of the molecule is CCOC(=O)CCCNC1CC(C)CCC1C. The van der Waals surface area contributed by atoms with Crippen molar-refractivity contribution in [2.75, 3.05) is 13.2 Å². The number of hydrogen-bond acceptors (Lipinski definition) is 3. The molecule has 0 aliphatic heterocycles. The summed E-state index contributed by atoms with van der Waals surface area (Å²) in [6, 6.07) is 0.640. The van der Waals surface area contributed by atoms with Crippen molar-refractivity contribution in [1.29, 1.82) is 0 Å². The van der Waals surface area contributed by atoms with E-state index in [9.17, 15) is 4.79 Å². The van der Waals surface area contributed by atoms with Crippen LogP contribution in [0.1, 0.15) is 52.9 Å². The molecule has 100 valence electrons. The molecule has 1 saturated carbocycles. The van der Waals surface area contributed by atoms with Gasteiger partial charge in [-0.1, -0.05) is 20.3 Å². The first-order valence-electron chi connectivity index (χ1n) is 7.02. The monoisotopic (exact) mass is 241 g/mol. The van der Waals surface area contributed by atoms with Crippen LogP contribution in [0.3, 0.4) is 0 Å². The Morgan fingerprint density at radius 2 is 2.12 bits per heavy atom. The van der Waals surface area contributed by atoms with Crippen LogP contribution in [0.15, 0.2) is 0 Å². The van der Waals surface area contributed by atoms with Gasteiger partial charge in [-0.05, 0) is 44.6 Å². The van der Waals surface area contributed by atoms with Crippen molar-refractivity contribution in [3.63, 3.8) is 0 Å². The van der Waals surface area contributed by atoms with E-state index in [2.05, 4.69) is 19.2 Å². The molecule has 1 rings (SSSR count). The van der Waals surface area contributed by atoms with Gasteiger partial charge in [-0.15, -0.1) is 0 Å². The van der Waals surface area contributed by atoms with Crippen molar-refractivity contribution in [2.24, 2.45) is 11.8 Å². The Balaban J connectivity index is 2.11. The predicted molar refractivity (Wildman–Crippen MR) is 69.8 cm³/mol. The van der Waals surface area contributed by atoms with Gasteiger partial charge in [0.1, 0.15) is 0 Å². The van der Waals surface area contributed by atoms with Gasteiger partial charge in [-0.3, -0.25) is 4.79 Å². The third-order valence-corrected chi connectivity index (χ3v) is 3.73. The van der Waals surface area contributed by atoms with E-state index in [1.165, 1.54) is 19.3 Å². The fraction of sp³-hybridized carbons (Fsp3) is 0.929. The van der Waals surface area contributed by atoms with E-state index >= 15 is 0 Å². The highest BCUT2D eigenvalue weighted by atomic mass is 16.5. The number of carbonyl (C=O) groups excluding carboxylic acids is 1. The Kier molecular flexibility index (Phi) is 6.56. The molecule has 0 radical (unpaired) electrons. The molecule has 0 aromatic rings. The molecule has 0 saturated heterocycles. The van der Waals surface area contributed by atoms with Crippen molar-refractivity contribution in [1.82, 2.24) is 5.32 Å². The molecule has 0 spiro atoms. The Bertz CT molecular complexity index is 230. The maximum Gasteiger partial charge on any atom is 0.305 e. The number of ether oxygens (including phenoxy) is 1. The fourth-order valence-corrected chi connectivity index (χ4v) is 2.57. The van der Waals surface area contributed by atoms with Gasteiger partial charge in [-0.2, -0.15) is 0 Å². The molecule has 0 bridgehead atoms. The summed E-state index contributed by atoms with van der Waals surface area (Å²) in [5.41, 5.74) is 0. The molecule has 3 heteroatoms. The van der Waals surface area contributed by atoms with Gasteiger partial charge in [0.05, 0.1) is 6.61 Å². The van der Waals surface area contributed by atoms with Gasteiger partial charge in [0.2, 0.25) is 0 Å². The topological polar surface area (TPSA) is 38.3 Å². The fourth-order valence-electron chi connectivity index (χ4n) is 2.57. The smallest absolute Gasteiger partial charge is 0.305 e. The van der Waals surface area contributed by atoms with Crippen molar-refractivity contribution in [2.45, 2.75) is 58.9 Å². The highest BCUT2D eigenvalue weighted by molar-refractivity contribution is 5.69. The lowest BCUT2D eigenvalue weighted by Crippen LogP contribution is -2.40. The van der Waals surface area contributed by atoms with Crippen molar-refractivity contribution < 1.29 is 9.53 Å². The van der Waals surface area contributed by atoms with Gasteiger partial charge in [0.15, 0.2) is 0 Å². The van der Waals surface area contributed by atoms with Crippen molar-refractivity contribution in [3.05, 3.63) is 0 Å². The van der Waals surface area contributed by atoms with E-state index in [0.29, 0.717) is 19.1 Å². The minimum atomic E-state index is -0.0700. The second-order valence-electron chi connectivity index (χ2n) is 5.36. The van der Waals surface area contributed by atoms with Crippen LogP contribution < -0.4 is 5.32 Å². The van der Waals surface area contributed by atoms with Gasteiger partial charge in [-0.25, -0.2) is 0 Å². The summed E-state index contributed by atoms with van der Waals surface area (Å²) in [6.07, 6.45) is 5.40. The molecular weight excluding hydrogens is 214 g/mol. The number of esters is 1. The average molecular weight is 241 g/mol. The molecule has 0 heterocycles. The highest BCUT2D eigenvalue weighted by Crippen LogP contribution is 2.28. The number of rotatable bonds is 6. The summed E-state index contributed by atoms with van der Waals surface area (Å²) < 4.78 is 4.91. The first-order valence-corrected chi connectivity index (χ1v) is 7.02. The zero-order valence-corrected chi connectivity index (χ0v) is 11.5. The van der Waals surface area contributed by atoms with Crippen LogP contribution in [-0.2, 0) is 9.53 Å².